The minimum atomic E-state index is -3.65. The van der Waals surface area contributed by atoms with Crippen LogP contribution in [0.3, 0.4) is 0 Å². The summed E-state index contributed by atoms with van der Waals surface area (Å²) in [6.07, 6.45) is 5.78. The lowest BCUT2D eigenvalue weighted by atomic mass is 10.0. The highest BCUT2D eigenvalue weighted by Gasteiger charge is 2.30. The average Bonchev–Trinajstić information content (AvgIpc) is 2.75. The molecule has 2 aromatic rings. The smallest absolute Gasteiger partial charge is 0.306 e. The second kappa shape index (κ2) is 5.51. The summed E-state index contributed by atoms with van der Waals surface area (Å²) in [6.45, 7) is 1.70. The van der Waals surface area contributed by atoms with Crippen LogP contribution in [0.4, 0.5) is 0 Å². The van der Waals surface area contributed by atoms with E-state index >= 15 is 0 Å². The van der Waals surface area contributed by atoms with Crippen molar-refractivity contribution in [2.24, 2.45) is 0 Å². The van der Waals surface area contributed by atoms with E-state index in [1.54, 1.807) is 37.5 Å². The van der Waals surface area contributed by atoms with Crippen molar-refractivity contribution in [3.8, 4) is 11.5 Å². The van der Waals surface area contributed by atoms with E-state index in [9.17, 15) is 13.2 Å². The van der Waals surface area contributed by atoms with Gasteiger partial charge in [-0.15, -0.1) is 0 Å². The molecule has 2 heterocycles. The number of aryl methyl sites for hydroxylation is 1. The zero-order valence-corrected chi connectivity index (χ0v) is 13.3. The van der Waals surface area contributed by atoms with Gasteiger partial charge in [0.25, 0.3) is 0 Å². The first-order chi connectivity index (χ1) is 10.8. The van der Waals surface area contributed by atoms with E-state index < -0.39 is 10.1 Å². The maximum Gasteiger partial charge on any atom is 0.306 e. The fourth-order valence-corrected chi connectivity index (χ4v) is 2.76. The molecule has 1 aliphatic rings. The molecule has 23 heavy (non-hydrogen) atoms. The van der Waals surface area contributed by atoms with Gasteiger partial charge in [-0.25, -0.2) is 0 Å². The number of ether oxygens (including phenoxy) is 1. The fraction of sp³-hybridized carbons (Fsp3) is 0.125. The highest BCUT2D eigenvalue weighted by molar-refractivity contribution is 7.86. The predicted octanol–water partition coefficient (Wildman–Crippen LogP) is 2.34. The maximum absolute atomic E-state index is 12.4. The van der Waals surface area contributed by atoms with E-state index in [1.807, 2.05) is 0 Å². The zero-order valence-electron chi connectivity index (χ0n) is 12.4. The second-order valence-corrected chi connectivity index (χ2v) is 6.70. The van der Waals surface area contributed by atoms with Crippen LogP contribution < -0.4 is 8.92 Å². The van der Waals surface area contributed by atoms with Gasteiger partial charge in [-0.3, -0.25) is 9.78 Å². The van der Waals surface area contributed by atoms with Crippen LogP contribution in [0.25, 0.3) is 6.08 Å². The Labute approximate surface area is 133 Å². The molecule has 1 aromatic carbocycles. The topological polar surface area (TPSA) is 82.6 Å². The Balaban J connectivity index is 1.99. The number of fused-ring (bicyclic) bond motifs is 1. The SMILES string of the molecule is Cc1cc(OS(C)(=O)=O)cc2c1C(=O)/C(=C/c1cccnc1)O2. The summed E-state index contributed by atoms with van der Waals surface area (Å²) in [5.74, 6) is 0.294. The van der Waals surface area contributed by atoms with Crippen LogP contribution in [-0.4, -0.2) is 25.4 Å². The van der Waals surface area contributed by atoms with Gasteiger partial charge in [0, 0.05) is 18.5 Å². The van der Waals surface area contributed by atoms with Gasteiger partial charge in [-0.2, -0.15) is 8.42 Å². The number of aromatic nitrogens is 1. The predicted molar refractivity (Wildman–Crippen MR) is 83.8 cm³/mol. The first-order valence-corrected chi connectivity index (χ1v) is 8.53. The largest absolute Gasteiger partial charge is 0.452 e. The normalized spacial score (nSPS) is 15.4. The van der Waals surface area contributed by atoms with E-state index in [0.717, 1.165) is 11.8 Å². The van der Waals surface area contributed by atoms with Gasteiger partial charge in [0.1, 0.15) is 11.5 Å². The van der Waals surface area contributed by atoms with Crippen molar-refractivity contribution in [1.29, 1.82) is 0 Å². The molecule has 0 spiro atoms. The van der Waals surface area contributed by atoms with Crippen LogP contribution >= 0.6 is 0 Å². The van der Waals surface area contributed by atoms with E-state index in [4.69, 9.17) is 8.92 Å². The molecule has 1 aromatic heterocycles. The molecule has 0 atom stereocenters. The van der Waals surface area contributed by atoms with Crippen molar-refractivity contribution in [2.75, 3.05) is 6.26 Å². The lowest BCUT2D eigenvalue weighted by molar-refractivity contribution is 0.101. The first-order valence-electron chi connectivity index (χ1n) is 6.72. The third-order valence-electron chi connectivity index (χ3n) is 3.17. The van der Waals surface area contributed by atoms with E-state index in [-0.39, 0.29) is 23.0 Å². The highest BCUT2D eigenvalue weighted by Crippen LogP contribution is 2.37. The van der Waals surface area contributed by atoms with Crippen molar-refractivity contribution >= 4 is 22.0 Å². The van der Waals surface area contributed by atoms with Gasteiger partial charge in [0.2, 0.25) is 5.78 Å². The second-order valence-electron chi connectivity index (χ2n) is 5.13. The van der Waals surface area contributed by atoms with Gasteiger partial charge in [-0.05, 0) is 36.3 Å². The summed E-state index contributed by atoms with van der Waals surface area (Å²) in [4.78, 5) is 16.4. The van der Waals surface area contributed by atoms with E-state index in [1.165, 1.54) is 12.1 Å². The Kier molecular flexibility index (Phi) is 3.65. The van der Waals surface area contributed by atoms with Gasteiger partial charge in [0.15, 0.2) is 5.76 Å². The molecule has 0 bridgehead atoms. The van der Waals surface area contributed by atoms with Gasteiger partial charge < -0.3 is 8.92 Å². The molecule has 0 aliphatic carbocycles. The summed E-state index contributed by atoms with van der Waals surface area (Å²) in [6, 6.07) is 6.44. The van der Waals surface area contributed by atoms with E-state index in [0.29, 0.717) is 11.1 Å². The molecule has 0 radical (unpaired) electrons. The van der Waals surface area contributed by atoms with Gasteiger partial charge >= 0.3 is 10.1 Å². The molecule has 118 valence electrons. The number of benzene rings is 1. The standard InChI is InChI=1S/C16H13NO5S/c1-10-6-12(22-23(2,19)20)8-13-15(10)16(18)14(21-13)7-11-4-3-5-17-9-11/h3-9H,1-2H3/b14-7-. The summed E-state index contributed by atoms with van der Waals surface area (Å²) in [7, 11) is -3.65. The molecule has 0 saturated heterocycles. The van der Waals surface area contributed by atoms with Crippen molar-refractivity contribution in [3.05, 3.63) is 59.1 Å². The third kappa shape index (κ3) is 3.24. The van der Waals surface area contributed by atoms with Crippen LogP contribution in [0.2, 0.25) is 0 Å². The number of hydrogen-bond acceptors (Lipinski definition) is 6. The summed E-state index contributed by atoms with van der Waals surface area (Å²) in [5.41, 5.74) is 1.72. The minimum absolute atomic E-state index is 0.110. The Bertz CT molecular complexity index is 917. The number of carbonyl (C=O) groups excluding carboxylic acids is 1. The highest BCUT2D eigenvalue weighted by atomic mass is 32.2. The first kappa shape index (κ1) is 15.2. The van der Waals surface area contributed by atoms with Crippen LogP contribution in [-0.2, 0) is 10.1 Å². The number of allylic oxidation sites excluding steroid dienone is 1. The molecule has 3 rings (SSSR count). The number of hydrogen-bond donors (Lipinski definition) is 0. The third-order valence-corrected chi connectivity index (χ3v) is 3.67. The zero-order chi connectivity index (χ0) is 16.6. The summed E-state index contributed by atoms with van der Waals surface area (Å²) in [5, 5.41) is 0. The Morgan fingerprint density at radius 3 is 2.74 bits per heavy atom. The van der Waals surface area contributed by atoms with Crippen molar-refractivity contribution < 1.29 is 22.1 Å². The number of Topliss-reactive ketones (excluding diaryl/α,β-unsaturated/α-hetero) is 1. The summed E-state index contributed by atoms with van der Waals surface area (Å²) >= 11 is 0. The number of pyridine rings is 1. The van der Waals surface area contributed by atoms with Gasteiger partial charge in [-0.1, -0.05) is 6.07 Å². The Morgan fingerprint density at radius 1 is 1.30 bits per heavy atom. The lowest BCUT2D eigenvalue weighted by Crippen LogP contribution is -2.06. The fourth-order valence-electron chi connectivity index (χ4n) is 2.31. The minimum Gasteiger partial charge on any atom is -0.452 e. The van der Waals surface area contributed by atoms with E-state index in [2.05, 4.69) is 4.98 Å². The molecule has 0 N–H and O–H groups in total. The van der Waals surface area contributed by atoms with Crippen LogP contribution in [0, 0.1) is 6.92 Å². The van der Waals surface area contributed by atoms with Crippen LogP contribution in [0.15, 0.2) is 42.4 Å². The monoisotopic (exact) mass is 331 g/mol. The van der Waals surface area contributed by atoms with Crippen molar-refractivity contribution in [1.82, 2.24) is 4.98 Å². The van der Waals surface area contributed by atoms with Crippen molar-refractivity contribution in [2.45, 2.75) is 6.92 Å². The molecular weight excluding hydrogens is 318 g/mol. The average molecular weight is 331 g/mol. The molecule has 1 aliphatic heterocycles. The number of ketones is 1. The molecule has 0 saturated carbocycles. The molecule has 6 nitrogen and oxygen atoms in total. The number of carbonyl (C=O) groups is 1. The molecular formula is C16H13NO5S. The van der Waals surface area contributed by atoms with Crippen LogP contribution in [0.1, 0.15) is 21.5 Å². The maximum atomic E-state index is 12.4. The molecule has 0 fully saturated rings. The van der Waals surface area contributed by atoms with Gasteiger partial charge in [0.05, 0.1) is 11.8 Å². The summed E-state index contributed by atoms with van der Waals surface area (Å²) < 4.78 is 32.9. The molecule has 0 amide bonds. The Hall–Kier alpha value is -2.67. The lowest BCUT2D eigenvalue weighted by Gasteiger charge is -2.06. The Morgan fingerprint density at radius 2 is 2.09 bits per heavy atom. The number of rotatable bonds is 3. The number of nitrogens with zero attached hydrogens (tertiary/aromatic N) is 1. The quantitative estimate of drug-likeness (QED) is 0.634. The van der Waals surface area contributed by atoms with Crippen LogP contribution in [0.5, 0.6) is 11.5 Å². The molecule has 7 heteroatoms. The van der Waals surface area contributed by atoms with Crippen molar-refractivity contribution in [3.63, 3.8) is 0 Å². The molecule has 0 unspecified atom stereocenters.